The van der Waals surface area contributed by atoms with Gasteiger partial charge in [-0.1, -0.05) is 12.1 Å². The van der Waals surface area contributed by atoms with Gasteiger partial charge in [-0.05, 0) is 19.9 Å². The molecule has 96 valence electrons. The van der Waals surface area contributed by atoms with Crippen LogP contribution in [0.4, 0.5) is 4.39 Å². The van der Waals surface area contributed by atoms with Crippen molar-refractivity contribution in [3.63, 3.8) is 0 Å². The normalized spacial score (nSPS) is 10.9. The van der Waals surface area contributed by atoms with E-state index in [1.165, 1.54) is 6.07 Å². The minimum atomic E-state index is -0.315. The first-order valence-corrected chi connectivity index (χ1v) is 5.79. The Balaban J connectivity index is 2.66. The van der Waals surface area contributed by atoms with Gasteiger partial charge in [0.1, 0.15) is 0 Å². The van der Waals surface area contributed by atoms with Gasteiger partial charge in [-0.2, -0.15) is 0 Å². The number of para-hydroxylation sites is 1. The number of nitrogens with one attached hydrogen (secondary N) is 1. The highest BCUT2D eigenvalue weighted by Gasteiger charge is 2.10. The van der Waals surface area contributed by atoms with E-state index in [2.05, 4.69) is 5.32 Å². The number of benzene rings is 1. The Kier molecular flexibility index (Phi) is 5.94. The maximum absolute atomic E-state index is 13.6. The van der Waals surface area contributed by atoms with Crippen molar-refractivity contribution in [3.05, 3.63) is 29.6 Å². The number of methoxy groups -OCH3 is 1. The van der Waals surface area contributed by atoms with Crippen LogP contribution >= 0.6 is 0 Å². The maximum atomic E-state index is 13.6. The molecule has 0 saturated heterocycles. The van der Waals surface area contributed by atoms with E-state index >= 15 is 0 Å². The van der Waals surface area contributed by atoms with Crippen LogP contribution in [0.3, 0.4) is 0 Å². The first kappa shape index (κ1) is 13.9. The van der Waals surface area contributed by atoms with E-state index in [0.29, 0.717) is 18.9 Å². The molecular weight excluding hydrogens is 221 g/mol. The molecule has 1 aromatic carbocycles. The van der Waals surface area contributed by atoms with Crippen molar-refractivity contribution in [2.75, 3.05) is 20.3 Å². The molecule has 0 atom stereocenters. The summed E-state index contributed by atoms with van der Waals surface area (Å²) >= 11 is 0. The number of halogens is 1. The fraction of sp³-hybridized carbons (Fsp3) is 0.538. The van der Waals surface area contributed by atoms with Crippen LogP contribution in [0.1, 0.15) is 19.4 Å². The highest BCUT2D eigenvalue weighted by Crippen LogP contribution is 2.23. The van der Waals surface area contributed by atoms with Crippen LogP contribution in [0.15, 0.2) is 18.2 Å². The summed E-state index contributed by atoms with van der Waals surface area (Å²) in [5, 5.41) is 3.17. The second-order valence-corrected chi connectivity index (χ2v) is 4.06. The smallest absolute Gasteiger partial charge is 0.165 e. The van der Waals surface area contributed by atoms with Crippen molar-refractivity contribution in [1.82, 2.24) is 5.32 Å². The standard InChI is InChI=1S/C13H20FNO2/c1-10(2)17-13-11(5-4-6-12(13)14)9-15-7-8-16-3/h4-6,10,15H,7-9H2,1-3H3. The molecular formula is C13H20FNO2. The van der Waals surface area contributed by atoms with Crippen LogP contribution < -0.4 is 10.1 Å². The molecule has 0 aliphatic rings. The van der Waals surface area contributed by atoms with Crippen LogP contribution in [0.5, 0.6) is 5.75 Å². The zero-order valence-corrected chi connectivity index (χ0v) is 10.6. The van der Waals surface area contributed by atoms with E-state index in [0.717, 1.165) is 12.1 Å². The number of hydrogen-bond acceptors (Lipinski definition) is 3. The highest BCUT2D eigenvalue weighted by atomic mass is 19.1. The predicted octanol–water partition coefficient (Wildman–Crippen LogP) is 2.35. The summed E-state index contributed by atoms with van der Waals surface area (Å²) in [5.74, 6) is 0.0251. The van der Waals surface area contributed by atoms with E-state index < -0.39 is 0 Å². The summed E-state index contributed by atoms with van der Waals surface area (Å²) in [5.41, 5.74) is 0.829. The molecule has 3 nitrogen and oxygen atoms in total. The zero-order valence-electron chi connectivity index (χ0n) is 10.6. The van der Waals surface area contributed by atoms with E-state index in [1.807, 2.05) is 19.9 Å². The van der Waals surface area contributed by atoms with Crippen LogP contribution in [0.2, 0.25) is 0 Å². The van der Waals surface area contributed by atoms with Gasteiger partial charge in [0, 0.05) is 25.8 Å². The van der Waals surface area contributed by atoms with Crippen molar-refractivity contribution in [1.29, 1.82) is 0 Å². The fourth-order valence-electron chi connectivity index (χ4n) is 1.46. The minimum absolute atomic E-state index is 0.0374. The first-order chi connectivity index (χ1) is 8.15. The molecule has 0 amide bonds. The third-order valence-corrected chi connectivity index (χ3v) is 2.20. The summed E-state index contributed by atoms with van der Waals surface area (Å²) < 4.78 is 24.0. The third kappa shape index (κ3) is 4.71. The number of hydrogen-bond donors (Lipinski definition) is 1. The Morgan fingerprint density at radius 1 is 1.35 bits per heavy atom. The molecule has 17 heavy (non-hydrogen) atoms. The van der Waals surface area contributed by atoms with Gasteiger partial charge in [-0.3, -0.25) is 0 Å². The fourth-order valence-corrected chi connectivity index (χ4v) is 1.46. The topological polar surface area (TPSA) is 30.5 Å². The summed E-state index contributed by atoms with van der Waals surface area (Å²) in [6.45, 7) is 5.70. The Bertz CT molecular complexity index is 342. The zero-order chi connectivity index (χ0) is 12.7. The second kappa shape index (κ2) is 7.25. The van der Waals surface area contributed by atoms with Gasteiger partial charge in [0.15, 0.2) is 11.6 Å². The van der Waals surface area contributed by atoms with Gasteiger partial charge in [-0.25, -0.2) is 4.39 Å². The van der Waals surface area contributed by atoms with Crippen LogP contribution in [0.25, 0.3) is 0 Å². The molecule has 0 unspecified atom stereocenters. The molecule has 1 aromatic rings. The maximum Gasteiger partial charge on any atom is 0.165 e. The van der Waals surface area contributed by atoms with Crippen LogP contribution in [0, 0.1) is 5.82 Å². The summed E-state index contributed by atoms with van der Waals surface area (Å²) in [7, 11) is 1.65. The largest absolute Gasteiger partial charge is 0.488 e. The molecule has 1 N–H and O–H groups in total. The average Bonchev–Trinajstić information content (AvgIpc) is 2.28. The second-order valence-electron chi connectivity index (χ2n) is 4.06. The molecule has 0 aliphatic carbocycles. The van der Waals surface area contributed by atoms with Gasteiger partial charge < -0.3 is 14.8 Å². The van der Waals surface area contributed by atoms with E-state index in [-0.39, 0.29) is 11.9 Å². The number of rotatable bonds is 7. The third-order valence-electron chi connectivity index (χ3n) is 2.20. The molecule has 0 bridgehead atoms. The molecule has 4 heteroatoms. The lowest BCUT2D eigenvalue weighted by Gasteiger charge is -2.15. The lowest BCUT2D eigenvalue weighted by Crippen LogP contribution is -2.20. The summed E-state index contributed by atoms with van der Waals surface area (Å²) in [6, 6.07) is 4.97. The SMILES string of the molecule is COCCNCc1cccc(F)c1OC(C)C. The van der Waals surface area contributed by atoms with Gasteiger partial charge in [0.2, 0.25) is 0 Å². The Morgan fingerprint density at radius 2 is 2.12 bits per heavy atom. The first-order valence-electron chi connectivity index (χ1n) is 5.79. The summed E-state index contributed by atoms with van der Waals surface area (Å²) in [6.07, 6.45) is -0.0374. The van der Waals surface area contributed by atoms with Crippen molar-refractivity contribution in [3.8, 4) is 5.75 Å². The molecule has 0 heterocycles. The lowest BCUT2D eigenvalue weighted by atomic mass is 10.2. The molecule has 0 saturated carbocycles. The Labute approximate surface area is 102 Å². The van der Waals surface area contributed by atoms with Crippen molar-refractivity contribution in [2.24, 2.45) is 0 Å². The van der Waals surface area contributed by atoms with E-state index in [9.17, 15) is 4.39 Å². The van der Waals surface area contributed by atoms with Crippen molar-refractivity contribution < 1.29 is 13.9 Å². The van der Waals surface area contributed by atoms with Crippen LogP contribution in [-0.4, -0.2) is 26.4 Å². The minimum Gasteiger partial charge on any atom is -0.488 e. The monoisotopic (exact) mass is 241 g/mol. The van der Waals surface area contributed by atoms with Gasteiger partial charge >= 0.3 is 0 Å². The number of ether oxygens (including phenoxy) is 2. The quantitative estimate of drug-likeness (QED) is 0.743. The van der Waals surface area contributed by atoms with Gasteiger partial charge in [0.05, 0.1) is 12.7 Å². The molecule has 0 aliphatic heterocycles. The molecule has 1 rings (SSSR count). The van der Waals surface area contributed by atoms with Crippen molar-refractivity contribution >= 4 is 0 Å². The predicted molar refractivity (Wildman–Crippen MR) is 65.7 cm³/mol. The molecule has 0 spiro atoms. The van der Waals surface area contributed by atoms with E-state index in [1.54, 1.807) is 13.2 Å². The molecule has 0 aromatic heterocycles. The Hall–Kier alpha value is -1.13. The average molecular weight is 241 g/mol. The molecule has 0 fully saturated rings. The molecule has 0 radical (unpaired) electrons. The van der Waals surface area contributed by atoms with Crippen LogP contribution in [-0.2, 0) is 11.3 Å². The van der Waals surface area contributed by atoms with Gasteiger partial charge in [-0.15, -0.1) is 0 Å². The van der Waals surface area contributed by atoms with Crippen molar-refractivity contribution in [2.45, 2.75) is 26.5 Å². The summed E-state index contributed by atoms with van der Waals surface area (Å²) in [4.78, 5) is 0. The van der Waals surface area contributed by atoms with Gasteiger partial charge in [0.25, 0.3) is 0 Å². The Morgan fingerprint density at radius 3 is 2.76 bits per heavy atom. The highest BCUT2D eigenvalue weighted by molar-refractivity contribution is 5.35. The van der Waals surface area contributed by atoms with E-state index in [4.69, 9.17) is 9.47 Å². The lowest BCUT2D eigenvalue weighted by molar-refractivity contribution is 0.198.